The molecular formula is H7CrKO6. The Balaban J connectivity index is -0.0000000133. The van der Waals surface area contributed by atoms with Crippen LogP contribution in [-0.4, -0.2) is 19.3 Å². The number of hydrogen-bond acceptors (Lipinski definition) is 2. The fourth-order valence-corrected chi connectivity index (χ4v) is 0. The Morgan fingerprint density at radius 3 is 1.12 bits per heavy atom. The zero-order chi connectivity index (χ0) is 4.50. The second-order valence-electron chi connectivity index (χ2n) is 0.448. The van der Waals surface area contributed by atoms with Crippen molar-refractivity contribution in [1.82, 2.24) is 0 Å². The zero-order valence-corrected chi connectivity index (χ0v) is 8.52. The van der Waals surface area contributed by atoms with Crippen LogP contribution in [0.5, 0.6) is 0 Å². The van der Waals surface area contributed by atoms with Gasteiger partial charge in [-0.2, -0.15) is 0 Å². The van der Waals surface area contributed by atoms with Crippen LogP contribution >= 0.6 is 0 Å². The summed E-state index contributed by atoms with van der Waals surface area (Å²) in [6.07, 6.45) is 0. The molecule has 0 aromatic rings. The normalized spacial score (nSPS) is 7.25. The first-order chi connectivity index (χ1) is 2.00. The summed E-state index contributed by atoms with van der Waals surface area (Å²) < 4.78 is 31.9. The average molecular weight is 194 g/mol. The van der Waals surface area contributed by atoms with E-state index in [0.29, 0.717) is 0 Å². The van der Waals surface area contributed by atoms with Gasteiger partial charge in [0.15, 0.2) is 0 Å². The third-order valence-electron chi connectivity index (χ3n) is 0. The van der Waals surface area contributed by atoms with Gasteiger partial charge in [-0.05, 0) is 0 Å². The van der Waals surface area contributed by atoms with E-state index in [1.807, 2.05) is 0 Å². The van der Waals surface area contributed by atoms with Gasteiger partial charge in [-0.3, -0.25) is 0 Å². The van der Waals surface area contributed by atoms with Crippen molar-refractivity contribution in [2.45, 2.75) is 0 Å². The number of hydrogen-bond donors (Lipinski definition) is 2. The molecule has 6 nitrogen and oxygen atoms in total. The van der Waals surface area contributed by atoms with E-state index in [1.165, 1.54) is 0 Å². The molecule has 0 bridgehead atoms. The van der Waals surface area contributed by atoms with Crippen LogP contribution in [-0.2, 0) is 21.2 Å². The van der Waals surface area contributed by atoms with Crippen molar-refractivity contribution in [2.75, 3.05) is 0 Å². The molecular weight excluding hydrogens is 187 g/mol. The van der Waals surface area contributed by atoms with Crippen molar-refractivity contribution in [3.8, 4) is 0 Å². The van der Waals surface area contributed by atoms with E-state index >= 15 is 0 Å². The summed E-state index contributed by atoms with van der Waals surface area (Å²) in [6, 6.07) is 0. The van der Waals surface area contributed by atoms with E-state index in [9.17, 15) is 0 Å². The van der Waals surface area contributed by atoms with Gasteiger partial charge in [-0.15, -0.1) is 0 Å². The molecule has 0 saturated heterocycles. The summed E-state index contributed by atoms with van der Waals surface area (Å²) in [5, 5.41) is 0. The van der Waals surface area contributed by atoms with Crippen LogP contribution in [0.25, 0.3) is 0 Å². The Morgan fingerprint density at radius 1 is 1.12 bits per heavy atom. The number of rotatable bonds is 0. The molecule has 0 amide bonds. The van der Waals surface area contributed by atoms with Gasteiger partial charge in [0.25, 0.3) is 0 Å². The van der Waals surface area contributed by atoms with Crippen molar-refractivity contribution in [1.29, 1.82) is 0 Å². The van der Waals surface area contributed by atoms with Gasteiger partial charge < -0.3 is 12.4 Å². The van der Waals surface area contributed by atoms with Crippen molar-refractivity contribution < 1.29 is 93.3 Å². The molecule has 0 aliphatic carbocycles. The molecule has 6 N–H and O–H groups in total. The quantitative estimate of drug-likeness (QED) is 0.371. The summed E-state index contributed by atoms with van der Waals surface area (Å²) in [6.45, 7) is 0. The third kappa shape index (κ3) is 128. The van der Waals surface area contributed by atoms with E-state index in [0.717, 1.165) is 0 Å². The Hall–Kier alpha value is 1.61. The molecule has 0 aliphatic heterocycles. The Kier molecular flexibility index (Phi) is 24.4. The zero-order valence-electron chi connectivity index (χ0n) is 5.12. The van der Waals surface area contributed by atoms with Crippen LogP contribution in [0.1, 0.15) is 1.43 Å². The monoisotopic (exact) mass is 194 g/mol. The van der Waals surface area contributed by atoms with Gasteiger partial charge >= 0.3 is 80.9 Å². The summed E-state index contributed by atoms with van der Waals surface area (Å²) >= 11 is -5.25. The van der Waals surface area contributed by atoms with Crippen LogP contribution in [0.15, 0.2) is 0 Å². The van der Waals surface area contributed by atoms with E-state index < -0.39 is 13.6 Å². The Labute approximate surface area is 91.8 Å². The predicted molar refractivity (Wildman–Crippen MR) is 14.2 cm³/mol. The van der Waals surface area contributed by atoms with Crippen LogP contribution < -0.4 is 51.4 Å². The van der Waals surface area contributed by atoms with Gasteiger partial charge in [0.05, 0.1) is 0 Å². The molecule has 0 unspecified atom stereocenters. The molecule has 8 heavy (non-hydrogen) atoms. The fourth-order valence-electron chi connectivity index (χ4n) is 0. The summed E-state index contributed by atoms with van der Waals surface area (Å²) in [5.74, 6) is 0. The molecule has 0 fully saturated rings. The Bertz CT molecular complexity index is 96.2. The van der Waals surface area contributed by atoms with Crippen molar-refractivity contribution >= 4 is 0 Å². The van der Waals surface area contributed by atoms with Gasteiger partial charge in [0.2, 0.25) is 0 Å². The van der Waals surface area contributed by atoms with E-state index in [1.54, 1.807) is 0 Å². The topological polar surface area (TPSA) is 138 Å². The van der Waals surface area contributed by atoms with Crippen LogP contribution in [0.2, 0.25) is 0 Å². The molecule has 50 valence electrons. The van der Waals surface area contributed by atoms with Gasteiger partial charge in [0.1, 0.15) is 0 Å². The molecule has 0 saturated carbocycles. The molecule has 0 radical (unpaired) electrons. The minimum atomic E-state index is -5.25. The van der Waals surface area contributed by atoms with Crippen LogP contribution in [0.4, 0.5) is 0 Å². The molecule has 0 rings (SSSR count). The second-order valence-corrected chi connectivity index (χ2v) is 1.85. The van der Waals surface area contributed by atoms with Gasteiger partial charge in [-0.25, -0.2) is 0 Å². The van der Waals surface area contributed by atoms with E-state index in [4.69, 9.17) is 15.9 Å². The standard InChI is InChI=1S/Cr.K.4H2O.2O.H/h;;4*1H2;;;/q+2;+1;;;;;;;-1/p-2. The van der Waals surface area contributed by atoms with E-state index in [2.05, 4.69) is 0 Å². The van der Waals surface area contributed by atoms with Crippen LogP contribution in [0, 0.1) is 0 Å². The fraction of sp³-hybridized carbons (Fsp3) is 0. The first-order valence-corrected chi connectivity index (χ1v) is 2.88. The van der Waals surface area contributed by atoms with Crippen LogP contribution in [0.3, 0.4) is 0 Å². The van der Waals surface area contributed by atoms with Gasteiger partial charge in [-0.1, -0.05) is 0 Å². The average Bonchev–Trinajstić information content (AvgIpc) is 0.722. The first kappa shape index (κ1) is 22.6. The summed E-state index contributed by atoms with van der Waals surface area (Å²) in [7, 11) is 0. The second kappa shape index (κ2) is 8.61. The maximum absolute atomic E-state index is 8.82. The van der Waals surface area contributed by atoms with E-state index in [-0.39, 0.29) is 63.8 Å². The predicted octanol–water partition coefficient (Wildman–Crippen LogP) is -5.89. The summed E-state index contributed by atoms with van der Waals surface area (Å²) in [4.78, 5) is 0. The SMILES string of the molecule is O.O.[H-].[K+].[O]=[Cr](=[O])([OH])[OH]. The summed E-state index contributed by atoms with van der Waals surface area (Å²) in [5.41, 5.74) is 0. The van der Waals surface area contributed by atoms with Crippen molar-refractivity contribution in [3.63, 3.8) is 0 Å². The maximum atomic E-state index is 8.82. The first-order valence-electron chi connectivity index (χ1n) is 0.698. The molecule has 0 heterocycles. The van der Waals surface area contributed by atoms with Crippen molar-refractivity contribution in [2.24, 2.45) is 0 Å². The molecule has 0 aromatic carbocycles. The third-order valence-corrected chi connectivity index (χ3v) is 0. The Morgan fingerprint density at radius 2 is 1.12 bits per heavy atom. The minimum absolute atomic E-state index is 0. The van der Waals surface area contributed by atoms with Gasteiger partial charge in [0, 0.05) is 0 Å². The van der Waals surface area contributed by atoms with Crippen molar-refractivity contribution in [3.05, 3.63) is 0 Å². The molecule has 0 atom stereocenters. The molecule has 0 aliphatic rings. The molecule has 0 spiro atoms. The molecule has 0 aromatic heterocycles. The molecule has 8 heteroatoms.